The molecule has 0 nitrogen and oxygen atoms in total. The SMILES string of the molecule is FC1(F)CC[Si](Cl)(Cl)CC1. The van der Waals surface area contributed by atoms with Gasteiger partial charge in [-0.05, 0) is 12.1 Å². The predicted molar refractivity (Wildman–Crippen MR) is 41.3 cm³/mol. The van der Waals surface area contributed by atoms with Crippen LogP contribution in [0.4, 0.5) is 8.78 Å². The van der Waals surface area contributed by atoms with E-state index in [9.17, 15) is 8.78 Å². The van der Waals surface area contributed by atoms with Crippen molar-refractivity contribution in [3.63, 3.8) is 0 Å². The third-order valence-electron chi connectivity index (χ3n) is 1.71. The second-order valence-corrected chi connectivity index (χ2v) is 10.3. The van der Waals surface area contributed by atoms with E-state index in [1.54, 1.807) is 0 Å². The Morgan fingerprint density at radius 1 is 1.10 bits per heavy atom. The Morgan fingerprint density at radius 2 is 1.50 bits per heavy atom. The number of hydrogen-bond donors (Lipinski definition) is 0. The summed E-state index contributed by atoms with van der Waals surface area (Å²) in [5.41, 5.74) is 0. The molecule has 10 heavy (non-hydrogen) atoms. The van der Waals surface area contributed by atoms with Crippen molar-refractivity contribution in [3.05, 3.63) is 0 Å². The Labute approximate surface area is 68.9 Å². The van der Waals surface area contributed by atoms with Gasteiger partial charge in [0.05, 0.1) is 0 Å². The summed E-state index contributed by atoms with van der Waals surface area (Å²) in [6.45, 7) is -2.21. The largest absolute Gasteiger partial charge is 0.251 e. The van der Waals surface area contributed by atoms with Gasteiger partial charge in [0, 0.05) is 12.8 Å². The quantitative estimate of drug-likeness (QED) is 0.420. The molecule has 1 saturated heterocycles. The molecule has 0 aromatic carbocycles. The highest BCUT2D eigenvalue weighted by Crippen LogP contribution is 2.42. The molecule has 0 unspecified atom stereocenters. The van der Waals surface area contributed by atoms with Crippen molar-refractivity contribution in [2.24, 2.45) is 0 Å². The van der Waals surface area contributed by atoms with Crippen LogP contribution in [-0.2, 0) is 0 Å². The van der Waals surface area contributed by atoms with Crippen molar-refractivity contribution < 1.29 is 8.78 Å². The maximum atomic E-state index is 12.5. The van der Waals surface area contributed by atoms with Gasteiger partial charge in [0.15, 0.2) is 0 Å². The smallest absolute Gasteiger partial charge is 0.207 e. The lowest BCUT2D eigenvalue weighted by molar-refractivity contribution is -0.0108. The molecular formula is C5H8Cl2F2Si. The molecule has 60 valence electrons. The highest BCUT2D eigenvalue weighted by atomic mass is 35.7. The fraction of sp³-hybridized carbons (Fsp3) is 1.00. The van der Waals surface area contributed by atoms with Crippen LogP contribution >= 0.6 is 22.2 Å². The zero-order valence-electron chi connectivity index (χ0n) is 5.34. The molecule has 0 saturated carbocycles. The predicted octanol–water partition coefficient (Wildman–Crippen LogP) is 3.34. The summed E-state index contributed by atoms with van der Waals surface area (Å²) in [5.74, 6) is -2.50. The average Bonchev–Trinajstić information content (AvgIpc) is 1.79. The molecule has 1 aliphatic heterocycles. The van der Waals surface area contributed by atoms with Crippen LogP contribution in [0, 0.1) is 0 Å². The molecule has 0 radical (unpaired) electrons. The van der Waals surface area contributed by atoms with Gasteiger partial charge in [0.1, 0.15) is 0 Å². The molecule has 1 aliphatic rings. The average molecular weight is 205 g/mol. The Hall–Kier alpha value is 0.657. The molecule has 0 N–H and O–H groups in total. The lowest BCUT2D eigenvalue weighted by atomic mass is 10.2. The highest BCUT2D eigenvalue weighted by molar-refractivity contribution is 7.45. The van der Waals surface area contributed by atoms with E-state index < -0.39 is 12.6 Å². The molecule has 0 aromatic rings. The summed E-state index contributed by atoms with van der Waals surface area (Å²) >= 11 is 11.5. The van der Waals surface area contributed by atoms with Crippen molar-refractivity contribution in [2.75, 3.05) is 0 Å². The standard InChI is InChI=1S/C5H8Cl2F2Si/c6-10(7)3-1-5(8,9)2-4-10/h1-4H2. The lowest BCUT2D eigenvalue weighted by Crippen LogP contribution is -2.32. The fourth-order valence-corrected chi connectivity index (χ4v) is 3.83. The molecule has 0 spiro atoms. The first-order valence-electron chi connectivity index (χ1n) is 3.17. The van der Waals surface area contributed by atoms with Crippen LogP contribution in [0.3, 0.4) is 0 Å². The van der Waals surface area contributed by atoms with Gasteiger partial charge in [0.2, 0.25) is 5.92 Å². The minimum absolute atomic E-state index is 0.119. The zero-order chi connectivity index (χ0) is 7.83. The second-order valence-electron chi connectivity index (χ2n) is 2.71. The summed E-state index contributed by atoms with van der Waals surface area (Å²) in [6, 6.07) is 0.673. The van der Waals surface area contributed by atoms with Gasteiger partial charge in [-0.1, -0.05) is 0 Å². The van der Waals surface area contributed by atoms with Gasteiger partial charge in [-0.3, -0.25) is 0 Å². The summed E-state index contributed by atoms with van der Waals surface area (Å²) in [7, 11) is 0. The number of rotatable bonds is 0. The molecular weight excluding hydrogens is 197 g/mol. The van der Waals surface area contributed by atoms with E-state index in [2.05, 4.69) is 0 Å². The highest BCUT2D eigenvalue weighted by Gasteiger charge is 2.43. The first-order valence-corrected chi connectivity index (χ1v) is 7.61. The van der Waals surface area contributed by atoms with E-state index in [0.29, 0.717) is 12.1 Å². The second kappa shape index (κ2) is 2.61. The molecule has 1 rings (SSSR count). The Bertz CT molecular complexity index is 110. The Kier molecular flexibility index (Phi) is 2.28. The topological polar surface area (TPSA) is 0 Å². The summed E-state index contributed by atoms with van der Waals surface area (Å²) < 4.78 is 24.9. The Morgan fingerprint density at radius 3 is 1.80 bits per heavy atom. The molecule has 0 amide bonds. The van der Waals surface area contributed by atoms with Crippen LogP contribution in [0.5, 0.6) is 0 Å². The molecule has 5 heteroatoms. The van der Waals surface area contributed by atoms with Crippen LogP contribution in [-0.4, -0.2) is 12.6 Å². The van der Waals surface area contributed by atoms with Crippen molar-refractivity contribution in [2.45, 2.75) is 30.9 Å². The summed E-state index contributed by atoms with van der Waals surface area (Å²) in [4.78, 5) is 0. The molecule has 0 atom stereocenters. The van der Waals surface area contributed by atoms with Crippen molar-refractivity contribution in [1.29, 1.82) is 0 Å². The molecule has 0 aromatic heterocycles. The zero-order valence-corrected chi connectivity index (χ0v) is 7.85. The third kappa shape index (κ3) is 2.36. The maximum absolute atomic E-state index is 12.5. The van der Waals surface area contributed by atoms with E-state index in [-0.39, 0.29) is 12.8 Å². The minimum atomic E-state index is -2.50. The van der Waals surface area contributed by atoms with Crippen LogP contribution in [0.25, 0.3) is 0 Å². The minimum Gasteiger partial charge on any atom is -0.207 e. The van der Waals surface area contributed by atoms with E-state index in [4.69, 9.17) is 22.2 Å². The lowest BCUT2D eigenvalue weighted by Gasteiger charge is -2.28. The van der Waals surface area contributed by atoms with Gasteiger partial charge in [-0.2, -0.15) is 0 Å². The van der Waals surface area contributed by atoms with E-state index in [1.165, 1.54) is 0 Å². The van der Waals surface area contributed by atoms with Crippen LogP contribution in [0.2, 0.25) is 12.1 Å². The molecule has 0 aliphatic carbocycles. The van der Waals surface area contributed by atoms with Crippen molar-refractivity contribution >= 4 is 28.9 Å². The Balaban J connectivity index is 2.46. The number of hydrogen-bond acceptors (Lipinski definition) is 0. The van der Waals surface area contributed by atoms with Crippen LogP contribution < -0.4 is 0 Å². The number of halogens is 4. The number of alkyl halides is 2. The van der Waals surface area contributed by atoms with Gasteiger partial charge in [-0.25, -0.2) is 8.78 Å². The fourth-order valence-electron chi connectivity index (χ4n) is 0.982. The van der Waals surface area contributed by atoms with E-state index >= 15 is 0 Å². The van der Waals surface area contributed by atoms with E-state index in [0.717, 1.165) is 0 Å². The van der Waals surface area contributed by atoms with Crippen molar-refractivity contribution in [1.82, 2.24) is 0 Å². The van der Waals surface area contributed by atoms with Gasteiger partial charge in [0.25, 0.3) is 6.69 Å². The van der Waals surface area contributed by atoms with Gasteiger partial charge >= 0.3 is 0 Å². The summed E-state index contributed by atoms with van der Waals surface area (Å²) in [5, 5.41) is 0. The molecule has 1 heterocycles. The van der Waals surface area contributed by atoms with Crippen molar-refractivity contribution in [3.8, 4) is 0 Å². The van der Waals surface area contributed by atoms with Gasteiger partial charge < -0.3 is 0 Å². The van der Waals surface area contributed by atoms with E-state index in [1.807, 2.05) is 0 Å². The third-order valence-corrected chi connectivity index (χ3v) is 5.94. The molecule has 1 fully saturated rings. The van der Waals surface area contributed by atoms with Gasteiger partial charge in [-0.15, -0.1) is 22.2 Å². The van der Waals surface area contributed by atoms with Crippen LogP contribution in [0.15, 0.2) is 0 Å². The first kappa shape index (κ1) is 8.75. The molecule has 0 bridgehead atoms. The monoisotopic (exact) mass is 204 g/mol. The maximum Gasteiger partial charge on any atom is 0.251 e. The first-order chi connectivity index (χ1) is 4.41. The normalized spacial score (nSPS) is 30.0. The van der Waals surface area contributed by atoms with Crippen LogP contribution in [0.1, 0.15) is 12.8 Å². The summed E-state index contributed by atoms with van der Waals surface area (Å²) in [6.07, 6.45) is -0.238.